The van der Waals surface area contributed by atoms with Crippen LogP contribution in [0.2, 0.25) is 0 Å². The van der Waals surface area contributed by atoms with Gasteiger partial charge in [-0.3, -0.25) is 9.69 Å². The SMILES string of the molecule is CNc1nc2cc(C=O)cc(OC)c2n1CCN1CCOCC1. The summed E-state index contributed by atoms with van der Waals surface area (Å²) in [5.74, 6) is 1.44. The molecule has 23 heavy (non-hydrogen) atoms. The van der Waals surface area contributed by atoms with Crippen molar-refractivity contribution in [2.45, 2.75) is 6.54 Å². The second-order valence-electron chi connectivity index (χ2n) is 5.50. The molecule has 0 spiro atoms. The number of hydrogen-bond donors (Lipinski definition) is 1. The van der Waals surface area contributed by atoms with Crippen molar-refractivity contribution >= 4 is 23.3 Å². The highest BCUT2D eigenvalue weighted by atomic mass is 16.5. The average molecular weight is 318 g/mol. The molecule has 1 aliphatic rings. The van der Waals surface area contributed by atoms with Gasteiger partial charge in [0.2, 0.25) is 5.95 Å². The second-order valence-corrected chi connectivity index (χ2v) is 5.50. The molecular formula is C16H22N4O3. The number of anilines is 1. The third-order valence-electron chi connectivity index (χ3n) is 4.15. The molecular weight excluding hydrogens is 296 g/mol. The van der Waals surface area contributed by atoms with Gasteiger partial charge in [-0.1, -0.05) is 0 Å². The highest BCUT2D eigenvalue weighted by Gasteiger charge is 2.17. The highest BCUT2D eigenvalue weighted by molar-refractivity contribution is 5.91. The number of ether oxygens (including phenoxy) is 2. The number of rotatable bonds is 6. The van der Waals surface area contributed by atoms with Crippen LogP contribution in [-0.2, 0) is 11.3 Å². The maximum atomic E-state index is 11.1. The van der Waals surface area contributed by atoms with E-state index in [4.69, 9.17) is 9.47 Å². The molecule has 0 atom stereocenters. The minimum Gasteiger partial charge on any atom is -0.494 e. The van der Waals surface area contributed by atoms with Crippen molar-refractivity contribution in [3.8, 4) is 5.75 Å². The first-order chi connectivity index (χ1) is 11.3. The largest absolute Gasteiger partial charge is 0.494 e. The summed E-state index contributed by atoms with van der Waals surface area (Å²) in [4.78, 5) is 18.0. The monoisotopic (exact) mass is 318 g/mol. The summed E-state index contributed by atoms with van der Waals surface area (Å²) in [7, 11) is 3.46. The Morgan fingerprint density at radius 1 is 1.35 bits per heavy atom. The molecule has 0 unspecified atom stereocenters. The fraction of sp³-hybridized carbons (Fsp3) is 0.500. The lowest BCUT2D eigenvalue weighted by Crippen LogP contribution is -2.38. The first-order valence-electron chi connectivity index (χ1n) is 7.78. The summed E-state index contributed by atoms with van der Waals surface area (Å²) in [6, 6.07) is 3.54. The van der Waals surface area contributed by atoms with Crippen LogP contribution in [0.25, 0.3) is 11.0 Å². The first-order valence-corrected chi connectivity index (χ1v) is 7.78. The van der Waals surface area contributed by atoms with E-state index in [2.05, 4.69) is 19.8 Å². The molecule has 1 fully saturated rings. The van der Waals surface area contributed by atoms with E-state index in [-0.39, 0.29) is 0 Å². The van der Waals surface area contributed by atoms with Crippen molar-refractivity contribution < 1.29 is 14.3 Å². The van der Waals surface area contributed by atoms with Crippen molar-refractivity contribution in [1.29, 1.82) is 0 Å². The molecule has 0 amide bonds. The van der Waals surface area contributed by atoms with Crippen LogP contribution in [0.5, 0.6) is 5.75 Å². The molecule has 3 rings (SSSR count). The summed E-state index contributed by atoms with van der Waals surface area (Å²) in [6.45, 7) is 5.19. The first kappa shape index (κ1) is 15.8. The van der Waals surface area contributed by atoms with Crippen LogP contribution in [0, 0.1) is 0 Å². The zero-order valence-corrected chi connectivity index (χ0v) is 13.5. The smallest absolute Gasteiger partial charge is 0.203 e. The van der Waals surface area contributed by atoms with Gasteiger partial charge in [0.15, 0.2) is 0 Å². The van der Waals surface area contributed by atoms with Gasteiger partial charge in [0.25, 0.3) is 0 Å². The Balaban J connectivity index is 1.94. The normalized spacial score (nSPS) is 15.7. The summed E-state index contributed by atoms with van der Waals surface area (Å²) in [5.41, 5.74) is 2.24. The topological polar surface area (TPSA) is 68.6 Å². The van der Waals surface area contributed by atoms with E-state index >= 15 is 0 Å². The van der Waals surface area contributed by atoms with Crippen LogP contribution >= 0.6 is 0 Å². The van der Waals surface area contributed by atoms with E-state index in [0.29, 0.717) is 11.3 Å². The van der Waals surface area contributed by atoms with E-state index in [9.17, 15) is 4.79 Å². The van der Waals surface area contributed by atoms with Gasteiger partial charge in [-0.25, -0.2) is 4.98 Å². The van der Waals surface area contributed by atoms with Crippen LogP contribution in [0.15, 0.2) is 12.1 Å². The van der Waals surface area contributed by atoms with Crippen molar-refractivity contribution in [3.05, 3.63) is 17.7 Å². The standard InChI is InChI=1S/C16H22N4O3/c1-17-16-18-13-9-12(11-21)10-14(22-2)15(13)20(16)4-3-19-5-7-23-8-6-19/h9-11H,3-8H2,1-2H3,(H,17,18). The molecule has 1 aliphatic heterocycles. The molecule has 7 heteroatoms. The average Bonchev–Trinajstić information content (AvgIpc) is 2.97. The molecule has 1 saturated heterocycles. The van der Waals surface area contributed by atoms with Gasteiger partial charge in [0, 0.05) is 38.8 Å². The quantitative estimate of drug-likeness (QED) is 0.808. The number of morpholine rings is 1. The maximum absolute atomic E-state index is 11.1. The summed E-state index contributed by atoms with van der Waals surface area (Å²) >= 11 is 0. The van der Waals surface area contributed by atoms with Gasteiger partial charge in [0.1, 0.15) is 17.6 Å². The molecule has 1 N–H and O–H groups in total. The van der Waals surface area contributed by atoms with Crippen molar-refractivity contribution in [2.75, 3.05) is 52.3 Å². The van der Waals surface area contributed by atoms with E-state index in [0.717, 1.165) is 62.7 Å². The van der Waals surface area contributed by atoms with Gasteiger partial charge in [-0.2, -0.15) is 0 Å². The minimum absolute atomic E-state index is 0.565. The molecule has 0 radical (unpaired) electrons. The lowest BCUT2D eigenvalue weighted by Gasteiger charge is -2.27. The Hall–Kier alpha value is -2.12. The van der Waals surface area contributed by atoms with Crippen LogP contribution in [0.3, 0.4) is 0 Å². The number of methoxy groups -OCH3 is 1. The number of nitrogens with one attached hydrogen (secondary N) is 1. The summed E-state index contributed by atoms with van der Waals surface area (Å²) in [6.07, 6.45) is 0.813. The number of fused-ring (bicyclic) bond motifs is 1. The molecule has 0 aliphatic carbocycles. The Morgan fingerprint density at radius 3 is 2.78 bits per heavy atom. The Kier molecular flexibility index (Phi) is 4.78. The van der Waals surface area contributed by atoms with Crippen LogP contribution < -0.4 is 10.1 Å². The van der Waals surface area contributed by atoms with E-state index in [1.165, 1.54) is 0 Å². The lowest BCUT2D eigenvalue weighted by atomic mass is 10.2. The number of carbonyl (C=O) groups excluding carboxylic acids is 1. The third-order valence-corrected chi connectivity index (χ3v) is 4.15. The Morgan fingerprint density at radius 2 is 2.13 bits per heavy atom. The maximum Gasteiger partial charge on any atom is 0.203 e. The van der Waals surface area contributed by atoms with E-state index in [1.807, 2.05) is 7.05 Å². The zero-order chi connectivity index (χ0) is 16.2. The Bertz CT molecular complexity index is 692. The predicted molar refractivity (Wildman–Crippen MR) is 88.5 cm³/mol. The fourth-order valence-corrected chi connectivity index (χ4v) is 2.95. The number of aldehydes is 1. The molecule has 1 aromatic carbocycles. The molecule has 2 heterocycles. The van der Waals surface area contributed by atoms with E-state index in [1.54, 1.807) is 19.2 Å². The molecule has 0 bridgehead atoms. The van der Waals surface area contributed by atoms with Crippen molar-refractivity contribution in [2.24, 2.45) is 0 Å². The number of hydrogen-bond acceptors (Lipinski definition) is 6. The number of nitrogens with zero attached hydrogens (tertiary/aromatic N) is 3. The van der Waals surface area contributed by atoms with Gasteiger partial charge in [-0.05, 0) is 12.1 Å². The molecule has 1 aromatic heterocycles. The van der Waals surface area contributed by atoms with Gasteiger partial charge in [0.05, 0.1) is 25.8 Å². The molecule has 124 valence electrons. The van der Waals surface area contributed by atoms with E-state index < -0.39 is 0 Å². The highest BCUT2D eigenvalue weighted by Crippen LogP contribution is 2.30. The predicted octanol–water partition coefficient (Wildman–Crippen LogP) is 1.23. The molecule has 0 saturated carbocycles. The van der Waals surface area contributed by atoms with Crippen LogP contribution in [-0.4, -0.2) is 67.7 Å². The van der Waals surface area contributed by atoms with Gasteiger partial charge >= 0.3 is 0 Å². The Labute approximate surface area is 135 Å². The number of carbonyl (C=O) groups is 1. The van der Waals surface area contributed by atoms with Crippen LogP contribution in [0.1, 0.15) is 10.4 Å². The lowest BCUT2D eigenvalue weighted by molar-refractivity contribution is 0.0366. The van der Waals surface area contributed by atoms with Crippen molar-refractivity contribution in [1.82, 2.24) is 14.5 Å². The summed E-state index contributed by atoms with van der Waals surface area (Å²) < 4.78 is 13.0. The zero-order valence-electron chi connectivity index (χ0n) is 13.5. The number of imidazole rings is 1. The minimum atomic E-state index is 0.565. The third kappa shape index (κ3) is 3.16. The molecule has 7 nitrogen and oxygen atoms in total. The number of aromatic nitrogens is 2. The van der Waals surface area contributed by atoms with Gasteiger partial charge < -0.3 is 19.4 Å². The fourth-order valence-electron chi connectivity index (χ4n) is 2.95. The number of benzene rings is 1. The molecule has 2 aromatic rings. The van der Waals surface area contributed by atoms with Crippen LogP contribution in [0.4, 0.5) is 5.95 Å². The summed E-state index contributed by atoms with van der Waals surface area (Å²) in [5, 5.41) is 3.13. The second kappa shape index (κ2) is 6.97. The van der Waals surface area contributed by atoms with Gasteiger partial charge in [-0.15, -0.1) is 0 Å². The van der Waals surface area contributed by atoms with Crippen molar-refractivity contribution in [3.63, 3.8) is 0 Å².